The van der Waals surface area contributed by atoms with E-state index >= 15 is 0 Å². The van der Waals surface area contributed by atoms with Crippen LogP contribution in [0.25, 0.3) is 0 Å². The van der Waals surface area contributed by atoms with Crippen molar-refractivity contribution in [3.05, 3.63) is 29.6 Å². The zero-order valence-electron chi connectivity index (χ0n) is 10.7. The van der Waals surface area contributed by atoms with E-state index in [9.17, 15) is 19.1 Å². The van der Waals surface area contributed by atoms with Gasteiger partial charge in [0.15, 0.2) is 11.6 Å². The molecule has 1 aliphatic heterocycles. The number of hydrogen-bond acceptors (Lipinski definition) is 4. The summed E-state index contributed by atoms with van der Waals surface area (Å²) < 4.78 is 18.1. The highest BCUT2D eigenvalue weighted by Gasteiger charge is 2.39. The van der Waals surface area contributed by atoms with Crippen molar-refractivity contribution in [2.75, 3.05) is 13.7 Å². The second-order valence-electron chi connectivity index (χ2n) is 4.55. The lowest BCUT2D eigenvalue weighted by atomic mass is 10.1. The monoisotopic (exact) mass is 283 g/mol. The third-order valence-corrected chi connectivity index (χ3v) is 3.22. The van der Waals surface area contributed by atoms with Gasteiger partial charge in [0.05, 0.1) is 13.2 Å². The smallest absolute Gasteiger partial charge is 0.326 e. The number of ether oxygens (including phenoxy) is 1. The lowest BCUT2D eigenvalue weighted by molar-refractivity contribution is -0.141. The summed E-state index contributed by atoms with van der Waals surface area (Å²) in [5, 5.41) is 18.6. The van der Waals surface area contributed by atoms with E-state index in [0.717, 1.165) is 11.0 Å². The Bertz CT molecular complexity index is 548. The number of likely N-dealkylation sites (tertiary alicyclic amines) is 1. The first-order chi connectivity index (χ1) is 9.43. The Hall–Kier alpha value is -2.15. The van der Waals surface area contributed by atoms with Crippen LogP contribution in [0.1, 0.15) is 16.8 Å². The maximum Gasteiger partial charge on any atom is 0.326 e. The van der Waals surface area contributed by atoms with Crippen LogP contribution >= 0.6 is 0 Å². The van der Waals surface area contributed by atoms with Crippen LogP contribution in [0, 0.1) is 5.82 Å². The topological polar surface area (TPSA) is 87.1 Å². The first kappa shape index (κ1) is 14.3. The quantitative estimate of drug-likeness (QED) is 0.843. The van der Waals surface area contributed by atoms with Crippen LogP contribution in [0.2, 0.25) is 0 Å². The summed E-state index contributed by atoms with van der Waals surface area (Å²) >= 11 is 0. The Morgan fingerprint density at radius 1 is 1.45 bits per heavy atom. The summed E-state index contributed by atoms with van der Waals surface area (Å²) in [6, 6.07) is 2.47. The summed E-state index contributed by atoms with van der Waals surface area (Å²) in [6.45, 7) is -0.0600. The number of hydrogen-bond donors (Lipinski definition) is 2. The highest BCUT2D eigenvalue weighted by molar-refractivity contribution is 5.97. The molecule has 0 aliphatic carbocycles. The number of β-amino-alcohol motifs (C(OH)–C–C–N with tert-alkyl or cyclic N) is 1. The molecule has 7 heteroatoms. The molecule has 6 nitrogen and oxygen atoms in total. The minimum absolute atomic E-state index is 0.0145. The van der Waals surface area contributed by atoms with Gasteiger partial charge in [-0.25, -0.2) is 9.18 Å². The van der Waals surface area contributed by atoms with Crippen LogP contribution in [-0.4, -0.2) is 52.8 Å². The molecule has 2 atom stereocenters. The third-order valence-electron chi connectivity index (χ3n) is 3.22. The number of aliphatic hydroxyl groups is 1. The number of amides is 1. The SMILES string of the molecule is COc1cc(C(=O)N2C[C@H](O)C[C@H]2C(=O)O)ccc1F. The Morgan fingerprint density at radius 2 is 2.15 bits per heavy atom. The van der Waals surface area contributed by atoms with E-state index in [2.05, 4.69) is 0 Å². The van der Waals surface area contributed by atoms with Crippen LogP contribution in [0.15, 0.2) is 18.2 Å². The molecule has 0 aromatic heterocycles. The predicted octanol–water partition coefficient (Wildman–Crippen LogP) is 0.494. The van der Waals surface area contributed by atoms with Crippen molar-refractivity contribution in [1.82, 2.24) is 4.90 Å². The van der Waals surface area contributed by atoms with Crippen molar-refractivity contribution in [2.45, 2.75) is 18.6 Å². The van der Waals surface area contributed by atoms with E-state index in [-0.39, 0.29) is 24.3 Å². The summed E-state index contributed by atoms with van der Waals surface area (Å²) in [5.41, 5.74) is 0.114. The van der Waals surface area contributed by atoms with Crippen molar-refractivity contribution < 1.29 is 28.9 Å². The van der Waals surface area contributed by atoms with Gasteiger partial charge < -0.3 is 19.8 Å². The van der Waals surface area contributed by atoms with Crippen LogP contribution < -0.4 is 4.74 Å². The molecule has 1 aromatic rings. The molecular weight excluding hydrogens is 269 g/mol. The van der Waals surface area contributed by atoms with Gasteiger partial charge in [0.2, 0.25) is 0 Å². The summed E-state index contributed by atoms with van der Waals surface area (Å²) in [6.07, 6.45) is -0.887. The molecule has 1 heterocycles. The highest BCUT2D eigenvalue weighted by atomic mass is 19.1. The molecule has 2 rings (SSSR count). The average Bonchev–Trinajstić information content (AvgIpc) is 2.81. The number of methoxy groups -OCH3 is 1. The standard InChI is InChI=1S/C13H14FNO5/c1-20-11-4-7(2-3-9(11)14)12(17)15-6-8(16)5-10(15)13(18)19/h2-4,8,10,16H,5-6H2,1H3,(H,18,19)/t8-,10+/m1/s1. The lowest BCUT2D eigenvalue weighted by Crippen LogP contribution is -2.40. The molecule has 2 N–H and O–H groups in total. The molecule has 0 unspecified atom stereocenters. The number of carbonyl (C=O) groups excluding carboxylic acids is 1. The maximum atomic E-state index is 13.3. The molecule has 1 fully saturated rings. The van der Waals surface area contributed by atoms with E-state index in [1.165, 1.54) is 19.2 Å². The Labute approximate surface area is 114 Å². The average molecular weight is 283 g/mol. The fourth-order valence-corrected chi connectivity index (χ4v) is 2.23. The number of carbonyl (C=O) groups is 2. The number of aliphatic hydroxyl groups excluding tert-OH is 1. The van der Waals surface area contributed by atoms with Gasteiger partial charge in [-0.2, -0.15) is 0 Å². The van der Waals surface area contributed by atoms with Crippen molar-refractivity contribution in [1.29, 1.82) is 0 Å². The van der Waals surface area contributed by atoms with Crippen LogP contribution in [0.5, 0.6) is 5.75 Å². The Balaban J connectivity index is 2.28. The molecule has 0 bridgehead atoms. The van der Waals surface area contributed by atoms with E-state index in [4.69, 9.17) is 9.84 Å². The van der Waals surface area contributed by atoms with Crippen molar-refractivity contribution in [3.8, 4) is 5.75 Å². The number of nitrogens with zero attached hydrogens (tertiary/aromatic N) is 1. The van der Waals surface area contributed by atoms with E-state index < -0.39 is 29.8 Å². The number of aliphatic carboxylic acids is 1. The first-order valence-electron chi connectivity index (χ1n) is 5.99. The van der Waals surface area contributed by atoms with E-state index in [0.29, 0.717) is 0 Å². The van der Waals surface area contributed by atoms with Gasteiger partial charge in [-0.15, -0.1) is 0 Å². The van der Waals surface area contributed by atoms with Gasteiger partial charge in [0, 0.05) is 18.5 Å². The molecule has 20 heavy (non-hydrogen) atoms. The molecular formula is C13H14FNO5. The van der Waals surface area contributed by atoms with Gasteiger partial charge in [0.25, 0.3) is 5.91 Å². The third kappa shape index (κ3) is 2.57. The number of carboxylic acid groups (broad SMARTS) is 1. The summed E-state index contributed by atoms with van der Waals surface area (Å²) in [5.74, 6) is -2.46. The number of rotatable bonds is 3. The van der Waals surface area contributed by atoms with E-state index in [1.54, 1.807) is 0 Å². The van der Waals surface area contributed by atoms with Crippen molar-refractivity contribution >= 4 is 11.9 Å². The van der Waals surface area contributed by atoms with Gasteiger partial charge in [-0.1, -0.05) is 0 Å². The van der Waals surface area contributed by atoms with E-state index in [1.807, 2.05) is 0 Å². The number of carboxylic acids is 1. The fourth-order valence-electron chi connectivity index (χ4n) is 2.23. The Morgan fingerprint density at radius 3 is 2.75 bits per heavy atom. The zero-order valence-corrected chi connectivity index (χ0v) is 10.7. The summed E-state index contributed by atoms with van der Waals surface area (Å²) in [7, 11) is 1.27. The first-order valence-corrected chi connectivity index (χ1v) is 5.99. The van der Waals surface area contributed by atoms with Crippen LogP contribution in [0.3, 0.4) is 0 Å². The minimum Gasteiger partial charge on any atom is -0.494 e. The van der Waals surface area contributed by atoms with Crippen LogP contribution in [0.4, 0.5) is 4.39 Å². The zero-order chi connectivity index (χ0) is 14.9. The molecule has 1 amide bonds. The molecule has 0 spiro atoms. The van der Waals surface area contributed by atoms with Gasteiger partial charge in [-0.3, -0.25) is 4.79 Å². The second kappa shape index (κ2) is 5.46. The molecule has 1 saturated heterocycles. The maximum absolute atomic E-state index is 13.3. The normalized spacial score (nSPS) is 21.9. The highest BCUT2D eigenvalue weighted by Crippen LogP contribution is 2.24. The van der Waals surface area contributed by atoms with Gasteiger partial charge in [-0.05, 0) is 18.2 Å². The molecule has 1 aromatic carbocycles. The van der Waals surface area contributed by atoms with Gasteiger partial charge in [0.1, 0.15) is 6.04 Å². The predicted molar refractivity (Wildman–Crippen MR) is 66.0 cm³/mol. The minimum atomic E-state index is -1.18. The fraction of sp³-hybridized carbons (Fsp3) is 0.385. The molecule has 108 valence electrons. The second-order valence-corrected chi connectivity index (χ2v) is 4.55. The summed E-state index contributed by atoms with van der Waals surface area (Å²) in [4.78, 5) is 24.4. The Kier molecular flexibility index (Phi) is 3.89. The van der Waals surface area contributed by atoms with Crippen LogP contribution in [-0.2, 0) is 4.79 Å². The van der Waals surface area contributed by atoms with Gasteiger partial charge >= 0.3 is 5.97 Å². The van der Waals surface area contributed by atoms with Crippen molar-refractivity contribution in [2.24, 2.45) is 0 Å². The number of halogens is 1. The lowest BCUT2D eigenvalue weighted by Gasteiger charge is -2.21. The molecule has 0 radical (unpaired) electrons. The molecule has 1 aliphatic rings. The number of benzene rings is 1. The molecule has 0 saturated carbocycles. The largest absolute Gasteiger partial charge is 0.494 e. The van der Waals surface area contributed by atoms with Crippen molar-refractivity contribution in [3.63, 3.8) is 0 Å².